The van der Waals surface area contributed by atoms with Gasteiger partial charge in [0.15, 0.2) is 0 Å². The Morgan fingerprint density at radius 2 is 2.06 bits per heavy atom. The summed E-state index contributed by atoms with van der Waals surface area (Å²) in [6, 6.07) is 10.3. The molecule has 0 saturated heterocycles. The molecule has 0 aliphatic rings. The highest BCUT2D eigenvalue weighted by Crippen LogP contribution is 2.11. The predicted molar refractivity (Wildman–Crippen MR) is 62.6 cm³/mol. The summed E-state index contributed by atoms with van der Waals surface area (Å²) < 4.78 is 18.3. The highest BCUT2D eigenvalue weighted by molar-refractivity contribution is 5.47. The smallest absolute Gasteiger partial charge is 0.146 e. The first-order valence-corrected chi connectivity index (χ1v) is 5.05. The first-order valence-electron chi connectivity index (χ1n) is 5.05. The highest BCUT2D eigenvalue weighted by Gasteiger charge is 1.96. The molecule has 0 bridgehead atoms. The van der Waals surface area contributed by atoms with Gasteiger partial charge in [-0.1, -0.05) is 18.2 Å². The topological polar surface area (TPSA) is 25.2 Å². The number of hydrogen-bond acceptors (Lipinski definition) is 2. The van der Waals surface area contributed by atoms with Gasteiger partial charge in [-0.05, 0) is 30.3 Å². The van der Waals surface area contributed by atoms with Crippen LogP contribution in [0.4, 0.5) is 10.1 Å². The van der Waals surface area contributed by atoms with Gasteiger partial charge in [-0.15, -0.1) is 0 Å². The Kier molecular flexibility index (Phi) is 3.38. The second-order valence-corrected chi connectivity index (χ2v) is 3.28. The molecule has 0 fully saturated rings. The molecule has 1 aromatic carbocycles. The highest BCUT2D eigenvalue weighted by atomic mass is 19.1. The standard InChI is InChI=1S/C13H12FNO/c14-12-7-1-2-8-13(12)15-9-3-5-11-6-4-10-16-11/h1-8,10,15H,9H2/b5-3+. The molecule has 0 unspecified atom stereocenters. The van der Waals surface area contributed by atoms with Crippen molar-refractivity contribution in [2.45, 2.75) is 0 Å². The van der Waals surface area contributed by atoms with Crippen LogP contribution in [0.5, 0.6) is 0 Å². The third kappa shape index (κ3) is 2.73. The minimum absolute atomic E-state index is 0.242. The van der Waals surface area contributed by atoms with Gasteiger partial charge in [-0.25, -0.2) is 4.39 Å². The van der Waals surface area contributed by atoms with Crippen LogP contribution in [0.2, 0.25) is 0 Å². The fraction of sp³-hybridized carbons (Fsp3) is 0.0769. The van der Waals surface area contributed by atoms with Crippen LogP contribution in [0, 0.1) is 5.82 Å². The summed E-state index contributed by atoms with van der Waals surface area (Å²) >= 11 is 0. The number of halogens is 1. The zero-order chi connectivity index (χ0) is 11.2. The maximum absolute atomic E-state index is 13.2. The van der Waals surface area contributed by atoms with E-state index in [1.807, 2.05) is 24.3 Å². The maximum Gasteiger partial charge on any atom is 0.146 e. The van der Waals surface area contributed by atoms with E-state index in [1.54, 1.807) is 24.5 Å². The summed E-state index contributed by atoms with van der Waals surface area (Å²) in [6.45, 7) is 0.557. The van der Waals surface area contributed by atoms with Crippen molar-refractivity contribution in [1.29, 1.82) is 0 Å². The monoisotopic (exact) mass is 217 g/mol. The van der Waals surface area contributed by atoms with Gasteiger partial charge in [0.2, 0.25) is 0 Å². The maximum atomic E-state index is 13.2. The van der Waals surface area contributed by atoms with Gasteiger partial charge in [0, 0.05) is 6.54 Å². The van der Waals surface area contributed by atoms with Gasteiger partial charge in [0.05, 0.1) is 12.0 Å². The molecule has 2 nitrogen and oxygen atoms in total. The van der Waals surface area contributed by atoms with Crippen LogP contribution in [0.3, 0.4) is 0 Å². The molecule has 0 aliphatic carbocycles. The summed E-state index contributed by atoms with van der Waals surface area (Å²) in [7, 11) is 0. The van der Waals surface area contributed by atoms with Crippen molar-refractivity contribution in [3.8, 4) is 0 Å². The van der Waals surface area contributed by atoms with Crippen LogP contribution in [0.15, 0.2) is 53.2 Å². The lowest BCUT2D eigenvalue weighted by Gasteiger charge is -2.03. The molecule has 0 atom stereocenters. The average molecular weight is 217 g/mol. The van der Waals surface area contributed by atoms with E-state index in [4.69, 9.17) is 4.42 Å². The Hall–Kier alpha value is -2.03. The molecule has 0 spiro atoms. The van der Waals surface area contributed by atoms with Crippen molar-refractivity contribution in [2.24, 2.45) is 0 Å². The SMILES string of the molecule is Fc1ccccc1NC/C=C/c1ccco1. The molecule has 2 aromatic rings. The largest absolute Gasteiger partial charge is 0.465 e. The second kappa shape index (κ2) is 5.16. The second-order valence-electron chi connectivity index (χ2n) is 3.28. The molecule has 16 heavy (non-hydrogen) atoms. The Bertz CT molecular complexity index is 463. The van der Waals surface area contributed by atoms with E-state index in [9.17, 15) is 4.39 Å². The summed E-state index contributed by atoms with van der Waals surface area (Å²) in [5.41, 5.74) is 0.506. The van der Waals surface area contributed by atoms with E-state index in [0.717, 1.165) is 5.76 Å². The lowest BCUT2D eigenvalue weighted by molar-refractivity contribution is 0.557. The normalized spacial score (nSPS) is 10.8. The summed E-state index contributed by atoms with van der Waals surface area (Å²) in [5.74, 6) is 0.546. The van der Waals surface area contributed by atoms with Crippen molar-refractivity contribution in [3.63, 3.8) is 0 Å². The number of para-hydroxylation sites is 1. The zero-order valence-electron chi connectivity index (χ0n) is 8.69. The molecule has 1 heterocycles. The van der Waals surface area contributed by atoms with Crippen molar-refractivity contribution in [3.05, 3.63) is 60.3 Å². The average Bonchev–Trinajstić information content (AvgIpc) is 2.79. The van der Waals surface area contributed by atoms with Crippen molar-refractivity contribution >= 4 is 11.8 Å². The van der Waals surface area contributed by atoms with Gasteiger partial charge in [-0.2, -0.15) is 0 Å². The fourth-order valence-corrected chi connectivity index (χ4v) is 1.33. The molecular formula is C13H12FNO. The fourth-order valence-electron chi connectivity index (χ4n) is 1.33. The van der Waals surface area contributed by atoms with Crippen LogP contribution in [-0.4, -0.2) is 6.54 Å². The van der Waals surface area contributed by atoms with Gasteiger partial charge >= 0.3 is 0 Å². The number of benzene rings is 1. The van der Waals surface area contributed by atoms with Gasteiger partial charge in [0.25, 0.3) is 0 Å². The molecule has 1 aromatic heterocycles. The van der Waals surface area contributed by atoms with Gasteiger partial charge in [0.1, 0.15) is 11.6 Å². The minimum atomic E-state index is -0.242. The number of anilines is 1. The Labute approximate surface area is 93.4 Å². The molecule has 2 rings (SSSR count). The minimum Gasteiger partial charge on any atom is -0.465 e. The number of furan rings is 1. The lowest BCUT2D eigenvalue weighted by atomic mass is 10.3. The number of hydrogen-bond donors (Lipinski definition) is 1. The van der Waals surface area contributed by atoms with Crippen LogP contribution in [0.25, 0.3) is 6.08 Å². The van der Waals surface area contributed by atoms with E-state index < -0.39 is 0 Å². The van der Waals surface area contributed by atoms with Crippen LogP contribution < -0.4 is 5.32 Å². The Morgan fingerprint density at radius 3 is 2.81 bits per heavy atom. The third-order valence-corrected chi connectivity index (χ3v) is 2.11. The van der Waals surface area contributed by atoms with Crippen molar-refractivity contribution in [2.75, 3.05) is 11.9 Å². The first kappa shape index (κ1) is 10.5. The molecule has 3 heteroatoms. The van der Waals surface area contributed by atoms with E-state index in [-0.39, 0.29) is 5.82 Å². The van der Waals surface area contributed by atoms with Gasteiger partial charge in [-0.3, -0.25) is 0 Å². The lowest BCUT2D eigenvalue weighted by Crippen LogP contribution is -1.99. The van der Waals surface area contributed by atoms with Crippen molar-refractivity contribution in [1.82, 2.24) is 0 Å². The Morgan fingerprint density at radius 1 is 1.19 bits per heavy atom. The number of rotatable bonds is 4. The third-order valence-electron chi connectivity index (χ3n) is 2.11. The predicted octanol–water partition coefficient (Wildman–Crippen LogP) is 3.54. The van der Waals surface area contributed by atoms with Crippen molar-refractivity contribution < 1.29 is 8.81 Å². The summed E-state index contributed by atoms with van der Waals surface area (Å²) in [5, 5.41) is 2.97. The van der Waals surface area contributed by atoms with E-state index in [2.05, 4.69) is 5.32 Å². The molecule has 0 radical (unpaired) electrons. The molecule has 0 saturated carbocycles. The first-order chi connectivity index (χ1) is 7.86. The molecular weight excluding hydrogens is 205 g/mol. The Balaban J connectivity index is 1.87. The van der Waals surface area contributed by atoms with Crippen LogP contribution in [0.1, 0.15) is 5.76 Å². The van der Waals surface area contributed by atoms with Crippen LogP contribution >= 0.6 is 0 Å². The van der Waals surface area contributed by atoms with E-state index >= 15 is 0 Å². The van der Waals surface area contributed by atoms with Gasteiger partial charge < -0.3 is 9.73 Å². The summed E-state index contributed by atoms with van der Waals surface area (Å²) in [4.78, 5) is 0. The quantitative estimate of drug-likeness (QED) is 0.847. The zero-order valence-corrected chi connectivity index (χ0v) is 8.69. The van der Waals surface area contributed by atoms with E-state index in [1.165, 1.54) is 6.07 Å². The molecule has 82 valence electrons. The number of nitrogens with one attached hydrogen (secondary N) is 1. The molecule has 1 N–H and O–H groups in total. The van der Waals surface area contributed by atoms with Crippen LogP contribution in [-0.2, 0) is 0 Å². The molecule has 0 aliphatic heterocycles. The summed E-state index contributed by atoms with van der Waals surface area (Å²) in [6.07, 6.45) is 5.34. The molecule has 0 amide bonds. The van der Waals surface area contributed by atoms with E-state index in [0.29, 0.717) is 12.2 Å².